The van der Waals surface area contributed by atoms with Gasteiger partial charge in [-0.15, -0.1) is 0 Å². The van der Waals surface area contributed by atoms with Gasteiger partial charge in [0.25, 0.3) is 5.91 Å². The molecule has 0 aliphatic carbocycles. The molecule has 0 radical (unpaired) electrons. The summed E-state index contributed by atoms with van der Waals surface area (Å²) in [5.41, 5.74) is 0.837. The molecule has 0 unspecified atom stereocenters. The zero-order valence-electron chi connectivity index (χ0n) is 10.5. The van der Waals surface area contributed by atoms with Crippen LogP contribution in [-0.4, -0.2) is 33.8 Å². The highest BCUT2D eigenvalue weighted by molar-refractivity contribution is 6.29. The van der Waals surface area contributed by atoms with Crippen LogP contribution >= 0.6 is 11.6 Å². The lowest BCUT2D eigenvalue weighted by atomic mass is 10.2. The summed E-state index contributed by atoms with van der Waals surface area (Å²) in [6.45, 7) is -0.0190. The van der Waals surface area contributed by atoms with Crippen LogP contribution < -0.4 is 5.32 Å². The number of hydrogen-bond acceptors (Lipinski definition) is 5. The van der Waals surface area contributed by atoms with Crippen LogP contribution in [0.5, 0.6) is 0 Å². The van der Waals surface area contributed by atoms with Crippen molar-refractivity contribution in [2.24, 2.45) is 0 Å². The Labute approximate surface area is 119 Å². The van der Waals surface area contributed by atoms with E-state index < -0.39 is 5.97 Å². The highest BCUT2D eigenvalue weighted by Crippen LogP contribution is 2.10. The third kappa shape index (κ3) is 3.55. The summed E-state index contributed by atoms with van der Waals surface area (Å²) >= 11 is 5.64. The van der Waals surface area contributed by atoms with Crippen LogP contribution in [0.25, 0.3) is 0 Å². The molecule has 2 heterocycles. The van der Waals surface area contributed by atoms with E-state index in [9.17, 15) is 9.59 Å². The van der Waals surface area contributed by atoms with Crippen molar-refractivity contribution < 1.29 is 14.3 Å². The number of carbonyl (C=O) groups excluding carboxylic acids is 2. The molecule has 104 valence electrons. The summed E-state index contributed by atoms with van der Waals surface area (Å²) in [6, 6.07) is 3.08. The first-order chi connectivity index (χ1) is 9.58. The Kier molecular flexibility index (Phi) is 4.31. The predicted molar refractivity (Wildman–Crippen MR) is 71.4 cm³/mol. The van der Waals surface area contributed by atoms with E-state index in [-0.39, 0.29) is 12.5 Å². The number of methoxy groups -OCH3 is 1. The van der Waals surface area contributed by atoms with Gasteiger partial charge in [0.15, 0.2) is 0 Å². The number of hydrogen-bond donors (Lipinski definition) is 1. The molecule has 0 aliphatic heterocycles. The number of nitrogens with zero attached hydrogens (tertiary/aromatic N) is 3. The minimum atomic E-state index is -0.423. The summed E-state index contributed by atoms with van der Waals surface area (Å²) in [5.74, 6) is -0.764. The molecule has 0 fully saturated rings. The lowest BCUT2D eigenvalue weighted by Gasteiger charge is -2.02. The molecule has 0 aliphatic rings. The average Bonchev–Trinajstić information content (AvgIpc) is 2.86. The van der Waals surface area contributed by atoms with Crippen LogP contribution in [0.4, 0.5) is 5.69 Å². The SMILES string of the molecule is COC(=O)Cn1cc(NC(=O)c2ccc(Cl)nc2)cn1. The van der Waals surface area contributed by atoms with Gasteiger partial charge >= 0.3 is 5.97 Å². The van der Waals surface area contributed by atoms with Crippen LogP contribution in [0.15, 0.2) is 30.7 Å². The van der Waals surface area contributed by atoms with Crippen molar-refractivity contribution in [2.75, 3.05) is 12.4 Å². The largest absolute Gasteiger partial charge is 0.468 e. The van der Waals surface area contributed by atoms with Gasteiger partial charge in [0, 0.05) is 12.4 Å². The Morgan fingerprint density at radius 1 is 1.40 bits per heavy atom. The lowest BCUT2D eigenvalue weighted by molar-refractivity contribution is -0.141. The molecule has 0 saturated heterocycles. The van der Waals surface area contributed by atoms with Crippen molar-refractivity contribution in [3.63, 3.8) is 0 Å². The third-order valence-electron chi connectivity index (χ3n) is 2.40. The van der Waals surface area contributed by atoms with E-state index in [1.54, 1.807) is 6.07 Å². The number of halogens is 1. The number of esters is 1. The van der Waals surface area contributed by atoms with Gasteiger partial charge in [-0.05, 0) is 12.1 Å². The lowest BCUT2D eigenvalue weighted by Crippen LogP contribution is -2.13. The minimum absolute atomic E-state index is 0.0190. The number of rotatable bonds is 4. The van der Waals surface area contributed by atoms with E-state index in [1.807, 2.05) is 0 Å². The van der Waals surface area contributed by atoms with Gasteiger partial charge in [-0.2, -0.15) is 5.10 Å². The van der Waals surface area contributed by atoms with Crippen molar-refractivity contribution in [3.8, 4) is 0 Å². The Bertz CT molecular complexity index is 624. The standard InChI is InChI=1S/C12H11ClN4O3/c1-20-11(18)7-17-6-9(5-15-17)16-12(19)8-2-3-10(13)14-4-8/h2-6H,7H2,1H3,(H,16,19). The van der Waals surface area contributed by atoms with Crippen molar-refractivity contribution in [1.82, 2.24) is 14.8 Å². The zero-order chi connectivity index (χ0) is 14.5. The summed E-state index contributed by atoms with van der Waals surface area (Å²) in [5, 5.41) is 6.87. The molecule has 7 nitrogen and oxygen atoms in total. The summed E-state index contributed by atoms with van der Waals surface area (Å²) in [4.78, 5) is 26.8. The monoisotopic (exact) mass is 294 g/mol. The predicted octanol–water partition coefficient (Wildman–Crippen LogP) is 1.36. The molecule has 0 saturated carbocycles. The molecule has 2 aromatic rings. The zero-order valence-corrected chi connectivity index (χ0v) is 11.3. The van der Waals surface area contributed by atoms with Gasteiger partial charge in [0.05, 0.1) is 24.6 Å². The fourth-order valence-corrected chi connectivity index (χ4v) is 1.54. The van der Waals surface area contributed by atoms with Gasteiger partial charge in [0.1, 0.15) is 11.7 Å². The minimum Gasteiger partial charge on any atom is -0.468 e. The van der Waals surface area contributed by atoms with Gasteiger partial charge in [0.2, 0.25) is 0 Å². The maximum atomic E-state index is 11.9. The normalized spacial score (nSPS) is 10.1. The Morgan fingerprint density at radius 2 is 2.20 bits per heavy atom. The smallest absolute Gasteiger partial charge is 0.327 e. The van der Waals surface area contributed by atoms with E-state index in [1.165, 1.54) is 36.4 Å². The quantitative estimate of drug-likeness (QED) is 0.679. The summed E-state index contributed by atoms with van der Waals surface area (Å²) < 4.78 is 5.88. The average molecular weight is 295 g/mol. The Hall–Kier alpha value is -2.41. The van der Waals surface area contributed by atoms with Crippen LogP contribution in [0.3, 0.4) is 0 Å². The van der Waals surface area contributed by atoms with Gasteiger partial charge < -0.3 is 10.1 Å². The number of pyridine rings is 1. The first-order valence-corrected chi connectivity index (χ1v) is 5.98. The second-order valence-corrected chi connectivity index (χ2v) is 4.21. The first kappa shape index (κ1) is 14.0. The highest BCUT2D eigenvalue weighted by Gasteiger charge is 2.09. The van der Waals surface area contributed by atoms with Crippen molar-refractivity contribution >= 4 is 29.2 Å². The Balaban J connectivity index is 2.01. The number of aromatic nitrogens is 3. The van der Waals surface area contributed by atoms with Crippen LogP contribution in [0.1, 0.15) is 10.4 Å². The topological polar surface area (TPSA) is 86.1 Å². The maximum Gasteiger partial charge on any atom is 0.327 e. The van der Waals surface area contributed by atoms with Gasteiger partial charge in [-0.1, -0.05) is 11.6 Å². The molecular weight excluding hydrogens is 284 g/mol. The van der Waals surface area contributed by atoms with Crippen LogP contribution in [0, 0.1) is 0 Å². The molecule has 0 atom stereocenters. The summed E-state index contributed by atoms with van der Waals surface area (Å²) in [6.07, 6.45) is 4.33. The van der Waals surface area contributed by atoms with Crippen molar-refractivity contribution in [3.05, 3.63) is 41.4 Å². The second kappa shape index (κ2) is 6.16. The fraction of sp³-hybridized carbons (Fsp3) is 0.167. The van der Waals surface area contributed by atoms with Crippen molar-refractivity contribution in [1.29, 1.82) is 0 Å². The maximum absolute atomic E-state index is 11.9. The van der Waals surface area contributed by atoms with E-state index in [2.05, 4.69) is 20.1 Å². The van der Waals surface area contributed by atoms with Crippen LogP contribution in [0.2, 0.25) is 5.15 Å². The Morgan fingerprint density at radius 3 is 2.85 bits per heavy atom. The third-order valence-corrected chi connectivity index (χ3v) is 2.62. The second-order valence-electron chi connectivity index (χ2n) is 3.83. The van der Waals surface area contributed by atoms with Crippen LogP contribution in [-0.2, 0) is 16.1 Å². The number of anilines is 1. The molecule has 8 heteroatoms. The summed E-state index contributed by atoms with van der Waals surface area (Å²) in [7, 11) is 1.29. The molecule has 0 aromatic carbocycles. The number of amides is 1. The van der Waals surface area contributed by atoms with Gasteiger partial charge in [-0.25, -0.2) is 4.98 Å². The van der Waals surface area contributed by atoms with Gasteiger partial charge in [-0.3, -0.25) is 14.3 Å². The molecule has 2 aromatic heterocycles. The molecule has 0 bridgehead atoms. The van der Waals surface area contributed by atoms with E-state index in [0.717, 1.165) is 0 Å². The molecule has 0 spiro atoms. The first-order valence-electron chi connectivity index (χ1n) is 5.60. The molecule has 20 heavy (non-hydrogen) atoms. The number of ether oxygens (including phenoxy) is 1. The molecule has 1 amide bonds. The van der Waals surface area contributed by atoms with E-state index in [0.29, 0.717) is 16.4 Å². The number of nitrogens with one attached hydrogen (secondary N) is 1. The molecule has 2 rings (SSSR count). The fourth-order valence-electron chi connectivity index (χ4n) is 1.42. The van der Waals surface area contributed by atoms with E-state index >= 15 is 0 Å². The molecular formula is C12H11ClN4O3. The van der Waals surface area contributed by atoms with Crippen molar-refractivity contribution in [2.45, 2.75) is 6.54 Å². The van der Waals surface area contributed by atoms with E-state index in [4.69, 9.17) is 11.6 Å². The number of carbonyl (C=O) groups is 2. The highest BCUT2D eigenvalue weighted by atomic mass is 35.5. The molecule has 1 N–H and O–H groups in total.